The third-order valence-electron chi connectivity index (χ3n) is 3.60. The molecular weight excluding hydrogens is 324 g/mol. The van der Waals surface area contributed by atoms with Gasteiger partial charge in [0.1, 0.15) is 0 Å². The van der Waals surface area contributed by atoms with Crippen molar-refractivity contribution in [1.82, 2.24) is 20.2 Å². The monoisotopic (exact) mass is 342 g/mol. The van der Waals surface area contributed by atoms with Crippen molar-refractivity contribution in [2.45, 2.75) is 17.6 Å². The maximum atomic E-state index is 11.0. The number of amides is 1. The number of benzene rings is 1. The molecule has 120 valence electrons. The predicted molar refractivity (Wildman–Crippen MR) is 90.1 cm³/mol. The largest absolute Gasteiger partial charge is 0.465 e. The number of rotatable bonds is 4. The first-order valence-electron chi connectivity index (χ1n) is 7.01. The molecule has 1 aromatic carbocycles. The summed E-state index contributed by atoms with van der Waals surface area (Å²) in [7, 11) is 0. The number of para-hydroxylation sites is 2. The lowest BCUT2D eigenvalue weighted by molar-refractivity contribution is 0.128. The van der Waals surface area contributed by atoms with E-state index in [1.54, 1.807) is 11.8 Å². The topological polar surface area (TPSA) is 81.2 Å². The van der Waals surface area contributed by atoms with Gasteiger partial charge in [-0.3, -0.25) is 0 Å². The number of piperazine rings is 1. The molecule has 1 aromatic heterocycles. The number of hydrogen-bond acceptors (Lipinski definition) is 4. The Labute approximate surface area is 139 Å². The van der Waals surface area contributed by atoms with Gasteiger partial charge in [-0.25, -0.2) is 9.78 Å². The minimum Gasteiger partial charge on any atom is -0.465 e. The van der Waals surface area contributed by atoms with Crippen molar-refractivity contribution in [3.63, 3.8) is 0 Å². The molecule has 8 heteroatoms. The highest BCUT2D eigenvalue weighted by Gasteiger charge is 2.22. The Bertz CT molecular complexity index is 603. The Morgan fingerprint density at radius 2 is 2.27 bits per heavy atom. The molecule has 6 nitrogen and oxygen atoms in total. The smallest absolute Gasteiger partial charge is 0.407 e. The molecule has 1 saturated heterocycles. The summed E-state index contributed by atoms with van der Waals surface area (Å²) in [4.78, 5) is 20.3. The van der Waals surface area contributed by atoms with E-state index in [-0.39, 0.29) is 18.4 Å². The number of hydrogen-bond donors (Lipinski definition) is 3. The second-order valence-corrected chi connectivity index (χ2v) is 6.16. The van der Waals surface area contributed by atoms with Gasteiger partial charge in [-0.05, 0) is 18.6 Å². The highest BCUT2D eigenvalue weighted by molar-refractivity contribution is 7.99. The van der Waals surface area contributed by atoms with Gasteiger partial charge in [-0.1, -0.05) is 23.9 Å². The summed E-state index contributed by atoms with van der Waals surface area (Å²) in [6.45, 7) is 1.87. The van der Waals surface area contributed by atoms with E-state index in [4.69, 9.17) is 5.11 Å². The van der Waals surface area contributed by atoms with Crippen LogP contribution in [0.3, 0.4) is 0 Å². The van der Waals surface area contributed by atoms with Crippen molar-refractivity contribution in [2.24, 2.45) is 0 Å². The Hall–Kier alpha value is -1.44. The molecule has 1 atom stereocenters. The summed E-state index contributed by atoms with van der Waals surface area (Å²) < 4.78 is 0. The number of carbonyl (C=O) groups is 1. The molecule has 1 aliphatic heterocycles. The Morgan fingerprint density at radius 3 is 3.05 bits per heavy atom. The van der Waals surface area contributed by atoms with E-state index in [0.29, 0.717) is 13.1 Å². The number of nitrogens with zero attached hydrogens (tertiary/aromatic N) is 2. The van der Waals surface area contributed by atoms with Gasteiger partial charge in [0.2, 0.25) is 0 Å². The molecule has 3 N–H and O–H groups in total. The zero-order valence-corrected chi connectivity index (χ0v) is 13.6. The molecule has 0 bridgehead atoms. The van der Waals surface area contributed by atoms with Crippen molar-refractivity contribution in [1.29, 1.82) is 0 Å². The quantitative estimate of drug-likeness (QED) is 0.743. The van der Waals surface area contributed by atoms with Crippen molar-refractivity contribution in [3.8, 4) is 0 Å². The van der Waals surface area contributed by atoms with Gasteiger partial charge in [-0.2, -0.15) is 0 Å². The highest BCUT2D eigenvalue weighted by Crippen LogP contribution is 2.20. The molecule has 0 saturated carbocycles. The first-order chi connectivity index (χ1) is 10.2. The fourth-order valence-corrected chi connectivity index (χ4v) is 3.43. The van der Waals surface area contributed by atoms with Crippen LogP contribution in [0.15, 0.2) is 29.4 Å². The van der Waals surface area contributed by atoms with Crippen LogP contribution in [0.5, 0.6) is 0 Å². The number of aromatic nitrogens is 2. The van der Waals surface area contributed by atoms with E-state index in [0.717, 1.165) is 34.9 Å². The zero-order chi connectivity index (χ0) is 14.7. The van der Waals surface area contributed by atoms with E-state index in [1.165, 1.54) is 4.90 Å². The Morgan fingerprint density at radius 1 is 1.45 bits per heavy atom. The van der Waals surface area contributed by atoms with Gasteiger partial charge in [0.15, 0.2) is 5.16 Å². The molecule has 2 heterocycles. The molecular formula is C14H19ClN4O2S. The van der Waals surface area contributed by atoms with Crippen molar-refractivity contribution in [2.75, 3.05) is 25.4 Å². The normalized spacial score (nSPS) is 18.2. The fraction of sp³-hybridized carbons (Fsp3) is 0.429. The van der Waals surface area contributed by atoms with Crippen LogP contribution >= 0.6 is 24.2 Å². The Kier molecular flexibility index (Phi) is 5.93. The maximum absolute atomic E-state index is 11.0. The van der Waals surface area contributed by atoms with Crippen LogP contribution in [0.2, 0.25) is 0 Å². The SMILES string of the molecule is Cl.O=C(O)N1CCN[C@H](CCSc2nc3ccccc3[nH]2)C1. The molecule has 0 radical (unpaired) electrons. The summed E-state index contributed by atoms with van der Waals surface area (Å²) in [6.07, 6.45) is 0.0947. The average Bonchev–Trinajstić information content (AvgIpc) is 2.90. The lowest BCUT2D eigenvalue weighted by atomic mass is 10.2. The maximum Gasteiger partial charge on any atom is 0.407 e. The van der Waals surface area contributed by atoms with E-state index < -0.39 is 6.09 Å². The van der Waals surface area contributed by atoms with Crippen molar-refractivity contribution >= 4 is 41.3 Å². The fourth-order valence-electron chi connectivity index (χ4n) is 2.49. The summed E-state index contributed by atoms with van der Waals surface area (Å²) in [6, 6.07) is 8.20. The van der Waals surface area contributed by atoms with Crippen LogP contribution in [0.25, 0.3) is 11.0 Å². The molecule has 0 unspecified atom stereocenters. The lowest BCUT2D eigenvalue weighted by Crippen LogP contribution is -2.52. The van der Waals surface area contributed by atoms with E-state index in [2.05, 4.69) is 15.3 Å². The second-order valence-electron chi connectivity index (χ2n) is 5.08. The molecule has 1 amide bonds. The molecule has 2 aromatic rings. The first kappa shape index (κ1) is 16.9. The summed E-state index contributed by atoms with van der Waals surface area (Å²) in [5.41, 5.74) is 2.03. The van der Waals surface area contributed by atoms with E-state index >= 15 is 0 Å². The van der Waals surface area contributed by atoms with Crippen LogP contribution in [0.4, 0.5) is 4.79 Å². The van der Waals surface area contributed by atoms with Gasteiger partial charge in [0.05, 0.1) is 11.0 Å². The number of fused-ring (bicyclic) bond motifs is 1. The molecule has 22 heavy (non-hydrogen) atoms. The summed E-state index contributed by atoms with van der Waals surface area (Å²) in [5, 5.41) is 13.3. The van der Waals surface area contributed by atoms with Crippen molar-refractivity contribution in [3.05, 3.63) is 24.3 Å². The van der Waals surface area contributed by atoms with E-state index in [1.807, 2.05) is 24.3 Å². The standard InChI is InChI=1S/C14H18N4O2S.ClH/c19-14(20)18-7-6-15-10(9-18)5-8-21-13-16-11-3-1-2-4-12(11)17-13;/h1-4,10,15H,5-9H2,(H,16,17)(H,19,20);1H/t10-;/m1./s1. The van der Waals surface area contributed by atoms with Crippen LogP contribution in [-0.4, -0.2) is 57.5 Å². The lowest BCUT2D eigenvalue weighted by Gasteiger charge is -2.31. The van der Waals surface area contributed by atoms with Crippen molar-refractivity contribution < 1.29 is 9.90 Å². The van der Waals surface area contributed by atoms with Gasteiger partial charge >= 0.3 is 6.09 Å². The summed E-state index contributed by atoms with van der Waals surface area (Å²) >= 11 is 1.68. The number of imidazole rings is 1. The number of H-pyrrole nitrogens is 1. The van der Waals surface area contributed by atoms with E-state index in [9.17, 15) is 4.79 Å². The zero-order valence-electron chi connectivity index (χ0n) is 12.0. The minimum atomic E-state index is -0.827. The number of carboxylic acid groups (broad SMARTS) is 1. The van der Waals surface area contributed by atoms with Gasteiger partial charge in [0.25, 0.3) is 0 Å². The first-order valence-corrected chi connectivity index (χ1v) is 8.00. The summed E-state index contributed by atoms with van der Waals surface area (Å²) in [5.74, 6) is 0.908. The average molecular weight is 343 g/mol. The molecule has 0 spiro atoms. The molecule has 1 aliphatic rings. The molecule has 0 aliphatic carbocycles. The van der Waals surface area contributed by atoms with Crippen LogP contribution in [-0.2, 0) is 0 Å². The van der Waals surface area contributed by atoms with Gasteiger partial charge in [0, 0.05) is 31.4 Å². The third kappa shape index (κ3) is 4.06. The number of halogens is 1. The Balaban J connectivity index is 0.00000176. The highest BCUT2D eigenvalue weighted by atomic mass is 35.5. The molecule has 1 fully saturated rings. The van der Waals surface area contributed by atoms with Crippen LogP contribution in [0, 0.1) is 0 Å². The predicted octanol–water partition coefficient (Wildman–Crippen LogP) is 2.42. The molecule has 3 rings (SSSR count). The second kappa shape index (κ2) is 7.71. The number of aromatic amines is 1. The minimum absolute atomic E-state index is 0. The third-order valence-corrected chi connectivity index (χ3v) is 4.51. The van der Waals surface area contributed by atoms with Crippen LogP contribution in [0.1, 0.15) is 6.42 Å². The van der Waals surface area contributed by atoms with Gasteiger partial charge < -0.3 is 20.3 Å². The van der Waals surface area contributed by atoms with Gasteiger partial charge in [-0.15, -0.1) is 12.4 Å². The number of thioether (sulfide) groups is 1. The van der Waals surface area contributed by atoms with Crippen LogP contribution < -0.4 is 5.32 Å². The number of nitrogens with one attached hydrogen (secondary N) is 2.